The van der Waals surface area contributed by atoms with Gasteiger partial charge < -0.3 is 26.7 Å². The molecule has 2 aromatic rings. The van der Waals surface area contributed by atoms with Crippen LogP contribution in [0.5, 0.6) is 0 Å². The number of nitrogens with zero attached hydrogens (tertiary/aromatic N) is 2. The Balaban J connectivity index is 1.58. The van der Waals surface area contributed by atoms with Crippen molar-refractivity contribution in [2.45, 2.75) is 31.7 Å². The highest BCUT2D eigenvalue weighted by Crippen LogP contribution is 2.31. The minimum Gasteiger partial charge on any atom is -0.344 e. The normalized spacial score (nSPS) is 22.1. The Morgan fingerprint density at radius 1 is 0.900 bits per heavy atom. The van der Waals surface area contributed by atoms with Gasteiger partial charge in [-0.1, -0.05) is 24.3 Å². The predicted molar refractivity (Wildman–Crippen MR) is 122 cm³/mol. The number of nitrogens with one attached hydrogen (secondary N) is 4. The number of rotatable bonds is 3. The average molecular weight is 412 g/mol. The summed E-state index contributed by atoms with van der Waals surface area (Å²) in [6.45, 7) is 8.91. The Morgan fingerprint density at radius 3 is 2.40 bits per heavy atom. The molecule has 164 valence electrons. The Morgan fingerprint density at radius 2 is 1.63 bits per heavy atom. The van der Waals surface area contributed by atoms with Crippen LogP contribution in [0.25, 0.3) is 0 Å². The van der Waals surface area contributed by atoms with Crippen LogP contribution in [0.2, 0.25) is 0 Å². The number of aromatic amines is 1. The van der Waals surface area contributed by atoms with Crippen molar-refractivity contribution < 1.29 is 0 Å². The van der Waals surface area contributed by atoms with Gasteiger partial charge in [-0.05, 0) is 50.1 Å². The molecule has 4 bridgehead atoms. The largest absolute Gasteiger partial charge is 0.344 e. The molecule has 7 heteroatoms. The quantitative estimate of drug-likeness (QED) is 0.512. The first kappa shape index (κ1) is 21.5. The Hall–Kier alpha value is -1.77. The molecule has 0 aliphatic carbocycles. The van der Waals surface area contributed by atoms with E-state index in [4.69, 9.17) is 10.7 Å². The molecule has 0 radical (unpaired) electrons. The van der Waals surface area contributed by atoms with Crippen molar-refractivity contribution in [3.8, 4) is 0 Å². The summed E-state index contributed by atoms with van der Waals surface area (Å²) in [7, 11) is 0. The van der Waals surface area contributed by atoms with Crippen LogP contribution in [0.3, 0.4) is 0 Å². The van der Waals surface area contributed by atoms with Crippen LogP contribution in [-0.4, -0.2) is 73.8 Å². The molecule has 7 nitrogen and oxygen atoms in total. The second-order valence-corrected chi connectivity index (χ2v) is 8.40. The van der Waals surface area contributed by atoms with Gasteiger partial charge in [-0.3, -0.25) is 4.90 Å². The Bertz CT molecular complexity index is 756. The molecule has 3 aliphatic heterocycles. The van der Waals surface area contributed by atoms with Gasteiger partial charge in [0.05, 0.1) is 11.7 Å². The van der Waals surface area contributed by atoms with Crippen molar-refractivity contribution in [2.75, 3.05) is 58.9 Å². The molecule has 0 saturated carbocycles. The van der Waals surface area contributed by atoms with Gasteiger partial charge >= 0.3 is 0 Å². The first-order valence-corrected chi connectivity index (χ1v) is 11.6. The van der Waals surface area contributed by atoms with Crippen molar-refractivity contribution in [3.05, 3.63) is 52.6 Å². The highest BCUT2D eigenvalue weighted by Gasteiger charge is 2.27. The molecular formula is C23H37N7. The molecule has 1 fully saturated rings. The smallest absolute Gasteiger partial charge is 0.128 e. The lowest BCUT2D eigenvalue weighted by Gasteiger charge is -2.31. The fourth-order valence-corrected chi connectivity index (χ4v) is 4.54. The highest BCUT2D eigenvalue weighted by atomic mass is 15.2. The summed E-state index contributed by atoms with van der Waals surface area (Å²) in [6.07, 6.45) is 4.01. The third-order valence-corrected chi connectivity index (χ3v) is 6.12. The molecule has 0 spiro atoms. The van der Waals surface area contributed by atoms with Gasteiger partial charge in [0.25, 0.3) is 0 Å². The third-order valence-electron chi connectivity index (χ3n) is 6.12. The number of nitrogens with two attached hydrogens (primary N) is 1. The monoisotopic (exact) mass is 411 g/mol. The lowest BCUT2D eigenvalue weighted by molar-refractivity contribution is 0.215. The Labute approximate surface area is 180 Å². The standard InChI is InChI=1S/C23H37N7/c24-8-7-20-21-17-18-3-5-19(6-4-18)22(23(28-20)29-21)30-15-2-11-26-13-12-25-9-1-10-27-14-16-30/h3-6,22,25-27H,1-2,7-17,24H2,(H,28,29). The molecule has 1 aromatic carbocycles. The molecule has 1 aromatic heterocycles. The molecular weight excluding hydrogens is 374 g/mol. The van der Waals surface area contributed by atoms with Gasteiger partial charge in [-0.25, -0.2) is 4.98 Å². The number of imidazole rings is 1. The first-order chi connectivity index (χ1) is 14.8. The van der Waals surface area contributed by atoms with E-state index >= 15 is 0 Å². The fourth-order valence-electron chi connectivity index (χ4n) is 4.54. The summed E-state index contributed by atoms with van der Waals surface area (Å²) in [5.41, 5.74) is 10.9. The second kappa shape index (κ2) is 11.0. The van der Waals surface area contributed by atoms with Crippen molar-refractivity contribution in [2.24, 2.45) is 5.73 Å². The summed E-state index contributed by atoms with van der Waals surface area (Å²) in [6, 6.07) is 9.27. The first-order valence-electron chi connectivity index (χ1n) is 11.6. The van der Waals surface area contributed by atoms with E-state index in [1.54, 1.807) is 0 Å². The Kier molecular flexibility index (Phi) is 7.88. The zero-order valence-electron chi connectivity index (χ0n) is 18.1. The van der Waals surface area contributed by atoms with Crippen molar-refractivity contribution >= 4 is 0 Å². The molecule has 0 amide bonds. The van der Waals surface area contributed by atoms with E-state index in [9.17, 15) is 0 Å². The maximum absolute atomic E-state index is 5.87. The van der Waals surface area contributed by atoms with Gasteiger partial charge in [-0.15, -0.1) is 0 Å². The number of hydrogen-bond acceptors (Lipinski definition) is 6. The maximum atomic E-state index is 5.87. The van der Waals surface area contributed by atoms with Crippen LogP contribution in [0.4, 0.5) is 0 Å². The molecule has 5 rings (SSSR count). The van der Waals surface area contributed by atoms with Gasteiger partial charge in [-0.2, -0.15) is 0 Å². The fraction of sp³-hybridized carbons (Fsp3) is 0.609. The van der Waals surface area contributed by atoms with Gasteiger partial charge in [0.2, 0.25) is 0 Å². The highest BCUT2D eigenvalue weighted by molar-refractivity contribution is 5.36. The van der Waals surface area contributed by atoms with Crippen LogP contribution >= 0.6 is 0 Å². The van der Waals surface area contributed by atoms with E-state index in [0.29, 0.717) is 6.54 Å². The number of fused-ring (bicyclic) bond motifs is 2. The summed E-state index contributed by atoms with van der Waals surface area (Å²) < 4.78 is 0. The van der Waals surface area contributed by atoms with Gasteiger partial charge in [0.15, 0.2) is 0 Å². The van der Waals surface area contributed by atoms with Crippen LogP contribution in [0, 0.1) is 0 Å². The zero-order chi connectivity index (χ0) is 20.6. The number of H-pyrrole nitrogens is 1. The summed E-state index contributed by atoms with van der Waals surface area (Å²) >= 11 is 0. The number of benzene rings is 1. The molecule has 1 unspecified atom stereocenters. The van der Waals surface area contributed by atoms with E-state index in [0.717, 1.165) is 89.6 Å². The third kappa shape index (κ3) is 5.47. The minimum atomic E-state index is 0.152. The van der Waals surface area contributed by atoms with E-state index in [-0.39, 0.29) is 6.04 Å². The maximum Gasteiger partial charge on any atom is 0.128 e. The van der Waals surface area contributed by atoms with Crippen LogP contribution in [-0.2, 0) is 12.8 Å². The predicted octanol–water partition coefficient (Wildman–Crippen LogP) is 0.769. The molecule has 4 heterocycles. The van der Waals surface area contributed by atoms with Crippen molar-refractivity contribution in [3.63, 3.8) is 0 Å². The molecule has 6 N–H and O–H groups in total. The zero-order valence-corrected chi connectivity index (χ0v) is 18.1. The summed E-state index contributed by atoms with van der Waals surface area (Å²) in [5, 5.41) is 10.7. The van der Waals surface area contributed by atoms with E-state index < -0.39 is 0 Å². The van der Waals surface area contributed by atoms with E-state index in [1.165, 1.54) is 16.8 Å². The van der Waals surface area contributed by atoms with Gasteiger partial charge in [0, 0.05) is 51.3 Å². The van der Waals surface area contributed by atoms with Crippen molar-refractivity contribution in [1.82, 2.24) is 30.8 Å². The minimum absolute atomic E-state index is 0.152. The van der Waals surface area contributed by atoms with E-state index in [2.05, 4.69) is 50.1 Å². The van der Waals surface area contributed by atoms with Crippen LogP contribution in [0.1, 0.15) is 47.2 Å². The molecule has 1 saturated heterocycles. The lowest BCUT2D eigenvalue weighted by atomic mass is 10.0. The summed E-state index contributed by atoms with van der Waals surface area (Å²) in [5.74, 6) is 1.07. The molecule has 30 heavy (non-hydrogen) atoms. The summed E-state index contributed by atoms with van der Waals surface area (Å²) in [4.78, 5) is 11.3. The average Bonchev–Trinajstić information content (AvgIpc) is 3.18. The number of hydrogen-bond donors (Lipinski definition) is 5. The van der Waals surface area contributed by atoms with Crippen LogP contribution < -0.4 is 21.7 Å². The number of aromatic nitrogens is 2. The second-order valence-electron chi connectivity index (χ2n) is 8.40. The SMILES string of the molecule is NCCc1nc2[nH]c1Cc1ccc(cc1)C2N1CCCNCCNCCCNCC1. The molecule has 3 aliphatic rings. The van der Waals surface area contributed by atoms with Crippen molar-refractivity contribution in [1.29, 1.82) is 0 Å². The van der Waals surface area contributed by atoms with Crippen LogP contribution in [0.15, 0.2) is 24.3 Å². The topological polar surface area (TPSA) is 94.0 Å². The van der Waals surface area contributed by atoms with E-state index in [1.807, 2.05) is 0 Å². The van der Waals surface area contributed by atoms with Gasteiger partial charge in [0.1, 0.15) is 5.82 Å². The lowest BCUT2D eigenvalue weighted by Crippen LogP contribution is -2.39. The molecule has 1 atom stereocenters.